The van der Waals surface area contributed by atoms with Crippen LogP contribution in [-0.4, -0.2) is 35.5 Å². The standard InChI is InChI=1S/C4H9N3O2S/c1-6(2)4(10-3)5-7(8)9/h1-3H3. The van der Waals surface area contributed by atoms with Gasteiger partial charge < -0.3 is 4.90 Å². The van der Waals surface area contributed by atoms with Crippen LogP contribution in [0.2, 0.25) is 0 Å². The fourth-order valence-corrected chi connectivity index (χ4v) is 0.896. The Bertz CT molecular complexity index is 157. The van der Waals surface area contributed by atoms with E-state index in [1.807, 2.05) is 0 Å². The Morgan fingerprint density at radius 1 is 1.70 bits per heavy atom. The van der Waals surface area contributed by atoms with Crippen LogP contribution in [0.15, 0.2) is 5.10 Å². The monoisotopic (exact) mass is 163 g/mol. The van der Waals surface area contributed by atoms with Crippen molar-refractivity contribution in [2.45, 2.75) is 0 Å². The van der Waals surface area contributed by atoms with E-state index in [1.54, 1.807) is 25.3 Å². The summed E-state index contributed by atoms with van der Waals surface area (Å²) < 4.78 is 0. The van der Waals surface area contributed by atoms with Gasteiger partial charge in [-0.15, -0.1) is 0 Å². The van der Waals surface area contributed by atoms with E-state index >= 15 is 0 Å². The van der Waals surface area contributed by atoms with Crippen molar-refractivity contribution in [1.82, 2.24) is 4.90 Å². The molecular formula is C4H9N3O2S. The zero-order valence-corrected chi connectivity index (χ0v) is 6.88. The molecule has 6 heteroatoms. The zero-order valence-electron chi connectivity index (χ0n) is 6.07. The van der Waals surface area contributed by atoms with Gasteiger partial charge in [0.15, 0.2) is 5.03 Å². The highest BCUT2D eigenvalue weighted by molar-refractivity contribution is 8.13. The van der Waals surface area contributed by atoms with Crippen molar-refractivity contribution in [2.24, 2.45) is 5.10 Å². The summed E-state index contributed by atoms with van der Waals surface area (Å²) in [5.41, 5.74) is 0. The lowest BCUT2D eigenvalue weighted by Gasteiger charge is -2.07. The second-order valence-electron chi connectivity index (χ2n) is 1.72. The molecule has 0 saturated carbocycles. The quantitative estimate of drug-likeness (QED) is 0.244. The maximum absolute atomic E-state index is 9.85. The van der Waals surface area contributed by atoms with Gasteiger partial charge in [-0.05, 0) is 6.26 Å². The van der Waals surface area contributed by atoms with Crippen molar-refractivity contribution in [3.8, 4) is 0 Å². The van der Waals surface area contributed by atoms with Crippen molar-refractivity contribution >= 4 is 16.9 Å². The highest BCUT2D eigenvalue weighted by Gasteiger charge is 2.03. The van der Waals surface area contributed by atoms with E-state index in [0.717, 1.165) is 0 Å². The fourth-order valence-electron chi connectivity index (χ4n) is 0.383. The van der Waals surface area contributed by atoms with E-state index in [4.69, 9.17) is 0 Å². The normalized spacial score (nSPS) is 11.3. The van der Waals surface area contributed by atoms with Crippen molar-refractivity contribution < 1.29 is 5.03 Å². The van der Waals surface area contributed by atoms with Crippen LogP contribution in [0.25, 0.3) is 0 Å². The Morgan fingerprint density at radius 3 is 2.30 bits per heavy atom. The van der Waals surface area contributed by atoms with Crippen molar-refractivity contribution in [2.75, 3.05) is 20.4 Å². The Labute approximate surface area is 63.2 Å². The summed E-state index contributed by atoms with van der Waals surface area (Å²) in [5.74, 6) is 0. The van der Waals surface area contributed by atoms with E-state index in [2.05, 4.69) is 5.10 Å². The molecule has 0 aliphatic rings. The minimum absolute atomic E-state index is 0.394. The molecule has 10 heavy (non-hydrogen) atoms. The number of nitro groups is 1. The predicted octanol–water partition coefficient (Wildman–Crippen LogP) is 0.459. The Hall–Kier alpha value is -0.780. The molecule has 0 aromatic heterocycles. The lowest BCUT2D eigenvalue weighted by atomic mass is 10.9. The average molecular weight is 163 g/mol. The molecule has 0 fully saturated rings. The van der Waals surface area contributed by atoms with Gasteiger partial charge in [0.25, 0.3) is 0 Å². The molecular weight excluding hydrogens is 154 g/mol. The zero-order chi connectivity index (χ0) is 8.15. The van der Waals surface area contributed by atoms with Crippen LogP contribution in [0.4, 0.5) is 0 Å². The lowest BCUT2D eigenvalue weighted by molar-refractivity contribution is -0.485. The summed E-state index contributed by atoms with van der Waals surface area (Å²) in [5, 5.41) is 12.7. The minimum Gasteiger partial charge on any atom is -0.352 e. The average Bonchev–Trinajstić information content (AvgIpc) is 1.81. The Balaban J connectivity index is 4.18. The van der Waals surface area contributed by atoms with E-state index in [9.17, 15) is 10.1 Å². The van der Waals surface area contributed by atoms with Crippen LogP contribution in [0.5, 0.6) is 0 Å². The molecule has 0 saturated heterocycles. The SMILES string of the molecule is CSC(=N[N+](=O)[O-])N(C)C. The molecule has 0 spiro atoms. The molecule has 0 aliphatic carbocycles. The second kappa shape index (κ2) is 4.10. The summed E-state index contributed by atoms with van der Waals surface area (Å²) in [7, 11) is 3.41. The second-order valence-corrected chi connectivity index (χ2v) is 2.49. The number of nitrogens with zero attached hydrogens (tertiary/aromatic N) is 3. The number of hydrogen-bond donors (Lipinski definition) is 0. The van der Waals surface area contributed by atoms with E-state index < -0.39 is 5.03 Å². The molecule has 0 N–H and O–H groups in total. The molecule has 0 heterocycles. The predicted molar refractivity (Wildman–Crippen MR) is 41.6 cm³/mol. The third-order valence-corrected chi connectivity index (χ3v) is 1.54. The number of amidine groups is 1. The van der Waals surface area contributed by atoms with Gasteiger partial charge in [0, 0.05) is 14.1 Å². The van der Waals surface area contributed by atoms with Crippen molar-refractivity contribution in [3.63, 3.8) is 0 Å². The maximum atomic E-state index is 9.85. The molecule has 0 atom stereocenters. The molecule has 0 aromatic carbocycles. The van der Waals surface area contributed by atoms with E-state index in [-0.39, 0.29) is 0 Å². The van der Waals surface area contributed by atoms with Crippen molar-refractivity contribution in [3.05, 3.63) is 10.1 Å². The largest absolute Gasteiger partial charge is 0.352 e. The maximum Gasteiger partial charge on any atom is 0.236 e. The molecule has 0 unspecified atom stereocenters. The first-order valence-corrected chi connectivity index (χ1v) is 3.74. The number of hydrazone groups is 1. The third-order valence-electron chi connectivity index (χ3n) is 0.732. The van der Waals surface area contributed by atoms with Crippen LogP contribution >= 0.6 is 11.8 Å². The van der Waals surface area contributed by atoms with Gasteiger partial charge >= 0.3 is 0 Å². The summed E-state index contributed by atoms with van der Waals surface area (Å²) >= 11 is 1.24. The van der Waals surface area contributed by atoms with Crippen LogP contribution in [0.3, 0.4) is 0 Å². The van der Waals surface area contributed by atoms with Gasteiger partial charge in [-0.25, -0.2) is 10.1 Å². The highest BCUT2D eigenvalue weighted by atomic mass is 32.2. The molecule has 0 amide bonds. The molecule has 0 radical (unpaired) electrons. The van der Waals surface area contributed by atoms with Crippen LogP contribution < -0.4 is 0 Å². The summed E-state index contributed by atoms with van der Waals surface area (Å²) in [4.78, 5) is 11.4. The third kappa shape index (κ3) is 3.29. The van der Waals surface area contributed by atoms with Gasteiger partial charge in [0.05, 0.1) is 5.10 Å². The summed E-state index contributed by atoms with van der Waals surface area (Å²) in [6.07, 6.45) is 1.74. The number of thioether (sulfide) groups is 1. The first-order chi connectivity index (χ1) is 4.57. The topological polar surface area (TPSA) is 58.7 Å². The number of hydrogen-bond acceptors (Lipinski definition) is 3. The smallest absolute Gasteiger partial charge is 0.236 e. The van der Waals surface area contributed by atoms with Gasteiger partial charge in [0.1, 0.15) is 0 Å². The summed E-state index contributed by atoms with van der Waals surface area (Å²) in [6, 6.07) is 0. The van der Waals surface area contributed by atoms with Crippen molar-refractivity contribution in [1.29, 1.82) is 0 Å². The first-order valence-electron chi connectivity index (χ1n) is 2.52. The molecule has 58 valence electrons. The Morgan fingerprint density at radius 2 is 2.20 bits per heavy atom. The number of rotatable bonds is 1. The Kier molecular flexibility index (Phi) is 3.78. The van der Waals surface area contributed by atoms with E-state index in [0.29, 0.717) is 5.17 Å². The molecule has 0 aliphatic heterocycles. The molecule has 0 bridgehead atoms. The molecule has 5 nitrogen and oxygen atoms in total. The lowest BCUT2D eigenvalue weighted by Crippen LogP contribution is -2.19. The van der Waals surface area contributed by atoms with E-state index in [1.165, 1.54) is 11.8 Å². The summed E-state index contributed by atoms with van der Waals surface area (Å²) in [6.45, 7) is 0. The van der Waals surface area contributed by atoms with Gasteiger partial charge in [0.2, 0.25) is 5.17 Å². The fraction of sp³-hybridized carbons (Fsp3) is 0.750. The van der Waals surface area contributed by atoms with Gasteiger partial charge in [-0.1, -0.05) is 11.8 Å². The highest BCUT2D eigenvalue weighted by Crippen LogP contribution is 2.00. The van der Waals surface area contributed by atoms with Crippen LogP contribution in [0, 0.1) is 10.1 Å². The van der Waals surface area contributed by atoms with Crippen LogP contribution in [0.1, 0.15) is 0 Å². The molecule has 0 aromatic rings. The minimum atomic E-state index is -0.703. The first kappa shape index (κ1) is 9.22. The molecule has 0 rings (SSSR count). The van der Waals surface area contributed by atoms with Gasteiger partial charge in [-0.2, -0.15) is 0 Å². The van der Waals surface area contributed by atoms with Crippen LogP contribution in [-0.2, 0) is 0 Å². The van der Waals surface area contributed by atoms with Gasteiger partial charge in [-0.3, -0.25) is 0 Å².